The Morgan fingerprint density at radius 1 is 0.720 bits per heavy atom. The molecule has 3 N–H and O–H groups in total. The summed E-state index contributed by atoms with van der Waals surface area (Å²) in [5, 5.41) is 7.87. The highest BCUT2D eigenvalue weighted by Crippen LogP contribution is 2.10. The van der Waals surface area contributed by atoms with Gasteiger partial charge in [-0.15, -0.1) is 0 Å². The summed E-state index contributed by atoms with van der Waals surface area (Å²) in [5.41, 5.74) is 1.04. The summed E-state index contributed by atoms with van der Waals surface area (Å²) >= 11 is 3.30. The van der Waals surface area contributed by atoms with E-state index in [9.17, 15) is 14.4 Å². The number of nitrogens with one attached hydrogen (secondary N) is 3. The van der Waals surface area contributed by atoms with Crippen molar-refractivity contribution in [2.24, 2.45) is 0 Å². The second-order valence-electron chi connectivity index (χ2n) is 5.16. The Bertz CT molecular complexity index is 733. The molecule has 0 fully saturated rings. The molecule has 0 bridgehead atoms. The van der Waals surface area contributed by atoms with E-state index in [0.29, 0.717) is 17.7 Å². The molecule has 0 radical (unpaired) electrons. The normalized spacial score (nSPS) is 9.96. The van der Waals surface area contributed by atoms with Gasteiger partial charge in [0.2, 0.25) is 5.91 Å². The maximum Gasteiger partial charge on any atom is 0.251 e. The van der Waals surface area contributed by atoms with Gasteiger partial charge in [0.1, 0.15) is 0 Å². The number of benzene rings is 2. The Kier molecular flexibility index (Phi) is 7.16. The van der Waals surface area contributed by atoms with Crippen LogP contribution in [0.4, 0.5) is 0 Å². The number of carbonyl (C=O) groups excluding carboxylic acids is 3. The van der Waals surface area contributed by atoms with Gasteiger partial charge in [-0.1, -0.05) is 34.1 Å². The van der Waals surface area contributed by atoms with E-state index < -0.39 is 0 Å². The van der Waals surface area contributed by atoms with Crippen LogP contribution in [-0.2, 0) is 4.79 Å². The first-order chi connectivity index (χ1) is 12.1. The molecule has 0 aliphatic carbocycles. The van der Waals surface area contributed by atoms with Crippen molar-refractivity contribution in [1.82, 2.24) is 16.0 Å². The molecular formula is C18H18BrN3O3. The lowest BCUT2D eigenvalue weighted by atomic mass is 10.2. The molecule has 130 valence electrons. The summed E-state index contributed by atoms with van der Waals surface area (Å²) in [6.07, 6.45) is 0. The van der Waals surface area contributed by atoms with Crippen LogP contribution in [0.2, 0.25) is 0 Å². The molecule has 3 amide bonds. The maximum absolute atomic E-state index is 11.9. The number of amides is 3. The van der Waals surface area contributed by atoms with Gasteiger partial charge in [-0.2, -0.15) is 0 Å². The standard InChI is InChI=1S/C18H18BrN3O3/c19-15-8-6-14(7-9-15)17(24)21-11-10-20-16(23)12-22-18(25)13-4-2-1-3-5-13/h1-9H,10-12H2,(H,20,23)(H,21,24)(H,22,25). The third-order valence-corrected chi connectivity index (χ3v) is 3.81. The van der Waals surface area contributed by atoms with E-state index in [0.717, 1.165) is 4.47 Å². The van der Waals surface area contributed by atoms with Gasteiger partial charge < -0.3 is 16.0 Å². The van der Waals surface area contributed by atoms with E-state index in [2.05, 4.69) is 31.9 Å². The molecule has 0 aliphatic rings. The summed E-state index contributed by atoms with van der Waals surface area (Å²) in [4.78, 5) is 35.4. The highest BCUT2D eigenvalue weighted by Gasteiger charge is 2.08. The molecule has 6 nitrogen and oxygen atoms in total. The Hall–Kier alpha value is -2.67. The molecule has 0 saturated carbocycles. The Morgan fingerprint density at radius 3 is 1.96 bits per heavy atom. The van der Waals surface area contributed by atoms with Crippen LogP contribution in [0.1, 0.15) is 20.7 Å². The highest BCUT2D eigenvalue weighted by molar-refractivity contribution is 9.10. The van der Waals surface area contributed by atoms with Crippen LogP contribution in [0, 0.1) is 0 Å². The first kappa shape index (κ1) is 18.7. The third kappa shape index (κ3) is 6.39. The van der Waals surface area contributed by atoms with Crippen molar-refractivity contribution in [3.8, 4) is 0 Å². The van der Waals surface area contributed by atoms with Gasteiger partial charge in [-0.3, -0.25) is 14.4 Å². The minimum Gasteiger partial charge on any atom is -0.353 e. The van der Waals surface area contributed by atoms with Crippen molar-refractivity contribution in [1.29, 1.82) is 0 Å². The number of halogens is 1. The molecule has 25 heavy (non-hydrogen) atoms. The summed E-state index contributed by atoms with van der Waals surface area (Å²) in [6, 6.07) is 15.6. The first-order valence-corrected chi connectivity index (χ1v) is 8.49. The molecule has 0 aliphatic heterocycles. The van der Waals surface area contributed by atoms with Crippen molar-refractivity contribution in [2.45, 2.75) is 0 Å². The van der Waals surface area contributed by atoms with Crippen LogP contribution < -0.4 is 16.0 Å². The van der Waals surface area contributed by atoms with E-state index in [1.54, 1.807) is 48.5 Å². The van der Waals surface area contributed by atoms with E-state index in [1.807, 2.05) is 6.07 Å². The minimum absolute atomic E-state index is 0.117. The highest BCUT2D eigenvalue weighted by atomic mass is 79.9. The number of rotatable bonds is 7. The average molecular weight is 404 g/mol. The second kappa shape index (κ2) is 9.58. The Balaban J connectivity index is 1.63. The van der Waals surface area contributed by atoms with Crippen molar-refractivity contribution in [2.75, 3.05) is 19.6 Å². The van der Waals surface area contributed by atoms with Gasteiger partial charge in [0, 0.05) is 28.7 Å². The smallest absolute Gasteiger partial charge is 0.251 e. The Labute approximate surface area is 154 Å². The van der Waals surface area contributed by atoms with Crippen LogP contribution in [0.3, 0.4) is 0 Å². The zero-order valence-electron chi connectivity index (χ0n) is 13.4. The third-order valence-electron chi connectivity index (χ3n) is 3.28. The summed E-state index contributed by atoms with van der Waals surface area (Å²) in [6.45, 7) is 0.462. The molecule has 0 aromatic heterocycles. The fourth-order valence-corrected chi connectivity index (χ4v) is 2.26. The van der Waals surface area contributed by atoms with Crippen LogP contribution in [0.5, 0.6) is 0 Å². The molecule has 2 aromatic carbocycles. The first-order valence-electron chi connectivity index (χ1n) is 7.70. The predicted octanol–water partition coefficient (Wildman–Crippen LogP) is 1.73. The molecule has 0 unspecified atom stereocenters. The molecule has 0 spiro atoms. The van der Waals surface area contributed by atoms with E-state index in [4.69, 9.17) is 0 Å². The van der Waals surface area contributed by atoms with Crippen LogP contribution in [0.15, 0.2) is 59.1 Å². The molecule has 7 heteroatoms. The van der Waals surface area contributed by atoms with Crippen LogP contribution >= 0.6 is 15.9 Å². The monoisotopic (exact) mass is 403 g/mol. The lowest BCUT2D eigenvalue weighted by molar-refractivity contribution is -0.120. The van der Waals surface area contributed by atoms with Crippen LogP contribution in [0.25, 0.3) is 0 Å². The van der Waals surface area contributed by atoms with Gasteiger partial charge in [-0.25, -0.2) is 0 Å². The van der Waals surface area contributed by atoms with Crippen molar-refractivity contribution >= 4 is 33.7 Å². The average Bonchev–Trinajstić information content (AvgIpc) is 2.64. The predicted molar refractivity (Wildman–Crippen MR) is 98.3 cm³/mol. The molecule has 0 heterocycles. The summed E-state index contributed by atoms with van der Waals surface area (Å²) in [5.74, 6) is -0.833. The van der Waals surface area contributed by atoms with Gasteiger partial charge in [0.05, 0.1) is 6.54 Å². The fraction of sp³-hybridized carbons (Fsp3) is 0.167. The lowest BCUT2D eigenvalue weighted by Crippen LogP contribution is -2.40. The molecular weight excluding hydrogens is 386 g/mol. The number of carbonyl (C=O) groups is 3. The van der Waals surface area contributed by atoms with E-state index in [-0.39, 0.29) is 30.8 Å². The maximum atomic E-state index is 11.9. The largest absolute Gasteiger partial charge is 0.353 e. The van der Waals surface area contributed by atoms with Gasteiger partial charge in [0.25, 0.3) is 11.8 Å². The molecule has 2 aromatic rings. The zero-order chi connectivity index (χ0) is 18.1. The van der Waals surface area contributed by atoms with E-state index in [1.165, 1.54) is 0 Å². The quantitative estimate of drug-likeness (QED) is 0.615. The van der Waals surface area contributed by atoms with Crippen molar-refractivity contribution in [3.63, 3.8) is 0 Å². The van der Waals surface area contributed by atoms with Crippen molar-refractivity contribution in [3.05, 3.63) is 70.2 Å². The second-order valence-corrected chi connectivity index (χ2v) is 6.08. The molecule has 2 rings (SSSR count). The van der Waals surface area contributed by atoms with Crippen molar-refractivity contribution < 1.29 is 14.4 Å². The Morgan fingerprint density at radius 2 is 1.28 bits per heavy atom. The minimum atomic E-state index is -0.317. The lowest BCUT2D eigenvalue weighted by Gasteiger charge is -2.08. The summed E-state index contributed by atoms with van der Waals surface area (Å²) in [7, 11) is 0. The number of hydrogen-bond donors (Lipinski definition) is 3. The molecule has 0 saturated heterocycles. The van der Waals surface area contributed by atoms with Crippen LogP contribution in [-0.4, -0.2) is 37.4 Å². The zero-order valence-corrected chi connectivity index (χ0v) is 15.0. The summed E-state index contributed by atoms with van der Waals surface area (Å²) < 4.78 is 0.897. The van der Waals surface area contributed by atoms with E-state index >= 15 is 0 Å². The fourth-order valence-electron chi connectivity index (χ4n) is 2.00. The van der Waals surface area contributed by atoms with Gasteiger partial charge >= 0.3 is 0 Å². The topological polar surface area (TPSA) is 87.3 Å². The van der Waals surface area contributed by atoms with Gasteiger partial charge in [-0.05, 0) is 36.4 Å². The SMILES string of the molecule is O=C(CNC(=O)c1ccccc1)NCCNC(=O)c1ccc(Br)cc1. The molecule has 0 atom stereocenters. The van der Waals surface area contributed by atoms with Gasteiger partial charge in [0.15, 0.2) is 0 Å². The number of hydrogen-bond acceptors (Lipinski definition) is 3.